The van der Waals surface area contributed by atoms with Gasteiger partial charge in [-0.2, -0.15) is 0 Å². The van der Waals surface area contributed by atoms with Crippen molar-refractivity contribution in [1.82, 2.24) is 19.9 Å². The number of aromatic nitrogens is 4. The Kier molecular flexibility index (Phi) is 5.12. The molecule has 0 saturated heterocycles. The molecule has 29 heavy (non-hydrogen) atoms. The van der Waals surface area contributed by atoms with E-state index in [0.29, 0.717) is 28.5 Å². The van der Waals surface area contributed by atoms with Gasteiger partial charge in [0.1, 0.15) is 5.65 Å². The van der Waals surface area contributed by atoms with E-state index in [1.54, 1.807) is 18.5 Å². The number of ether oxygens (including phenoxy) is 1. The lowest BCUT2D eigenvalue weighted by Crippen LogP contribution is -2.39. The Morgan fingerprint density at radius 3 is 3.03 bits per heavy atom. The van der Waals surface area contributed by atoms with Crippen LogP contribution in [0.1, 0.15) is 32.6 Å². The summed E-state index contributed by atoms with van der Waals surface area (Å²) < 4.78 is 19.4. The number of halogens is 2. The first-order chi connectivity index (χ1) is 13.9. The zero-order chi connectivity index (χ0) is 20.6. The Morgan fingerprint density at radius 2 is 2.24 bits per heavy atom. The summed E-state index contributed by atoms with van der Waals surface area (Å²) in [6.45, 7) is 1.89. The molecule has 1 aliphatic carbocycles. The fourth-order valence-electron chi connectivity index (χ4n) is 4.00. The lowest BCUT2D eigenvalue weighted by atomic mass is 9.73. The number of nitrogens with one attached hydrogen (secondary N) is 2. The van der Waals surface area contributed by atoms with E-state index >= 15 is 0 Å². The number of pyridine rings is 1. The van der Waals surface area contributed by atoms with Crippen LogP contribution in [-0.2, 0) is 9.53 Å². The zero-order valence-electron chi connectivity index (χ0n) is 16.1. The third-order valence-electron chi connectivity index (χ3n) is 5.48. The second-order valence-electron chi connectivity index (χ2n) is 7.63. The van der Waals surface area contributed by atoms with Crippen molar-refractivity contribution in [3.63, 3.8) is 0 Å². The first-order valence-corrected chi connectivity index (χ1v) is 9.78. The molecule has 152 valence electrons. The molecule has 1 unspecified atom stereocenters. The molecule has 9 heteroatoms. The highest BCUT2D eigenvalue weighted by molar-refractivity contribution is 6.31. The first kappa shape index (κ1) is 19.6. The Morgan fingerprint density at radius 1 is 1.41 bits per heavy atom. The summed E-state index contributed by atoms with van der Waals surface area (Å²) in [5, 5.41) is 4.40. The van der Waals surface area contributed by atoms with Crippen LogP contribution in [0.5, 0.6) is 0 Å². The Hall–Kier alpha value is -2.74. The minimum Gasteiger partial charge on any atom is -0.469 e. The number of carbonyl (C=O) groups excluding carboxylic acids is 1. The van der Waals surface area contributed by atoms with Gasteiger partial charge in [-0.15, -0.1) is 0 Å². The van der Waals surface area contributed by atoms with Crippen molar-refractivity contribution in [2.45, 2.75) is 38.6 Å². The highest BCUT2D eigenvalue weighted by Crippen LogP contribution is 2.38. The highest BCUT2D eigenvalue weighted by atomic mass is 35.5. The summed E-state index contributed by atoms with van der Waals surface area (Å²) in [5.74, 6) is -0.319. The molecule has 3 heterocycles. The first-order valence-electron chi connectivity index (χ1n) is 9.40. The SMILES string of the molecule is COC(=O)[C@]1(C)CCCC(Nc2nc(-c3c[nH]c4ncc(Cl)cc34)ncc2F)C1. The van der Waals surface area contributed by atoms with E-state index in [0.717, 1.165) is 30.8 Å². The van der Waals surface area contributed by atoms with Crippen LogP contribution in [0.3, 0.4) is 0 Å². The molecule has 0 spiro atoms. The van der Waals surface area contributed by atoms with Gasteiger partial charge in [0.15, 0.2) is 17.5 Å². The summed E-state index contributed by atoms with van der Waals surface area (Å²) >= 11 is 6.06. The molecule has 1 saturated carbocycles. The summed E-state index contributed by atoms with van der Waals surface area (Å²) in [4.78, 5) is 27.9. The molecule has 3 aromatic rings. The second-order valence-corrected chi connectivity index (χ2v) is 8.07. The highest BCUT2D eigenvalue weighted by Gasteiger charge is 2.39. The van der Waals surface area contributed by atoms with Crippen molar-refractivity contribution >= 4 is 34.4 Å². The summed E-state index contributed by atoms with van der Waals surface area (Å²) in [6.07, 6.45) is 7.37. The van der Waals surface area contributed by atoms with E-state index in [1.165, 1.54) is 7.11 Å². The minimum atomic E-state index is -0.587. The van der Waals surface area contributed by atoms with Crippen molar-refractivity contribution in [2.75, 3.05) is 12.4 Å². The number of anilines is 1. The number of aromatic amines is 1. The van der Waals surface area contributed by atoms with Crippen molar-refractivity contribution in [3.8, 4) is 11.4 Å². The molecule has 1 fully saturated rings. The number of esters is 1. The smallest absolute Gasteiger partial charge is 0.311 e. The summed E-state index contributed by atoms with van der Waals surface area (Å²) in [5.41, 5.74) is 0.741. The van der Waals surface area contributed by atoms with Gasteiger partial charge in [0.25, 0.3) is 0 Å². The normalized spacial score (nSPS) is 21.9. The second kappa shape index (κ2) is 7.59. The van der Waals surface area contributed by atoms with Gasteiger partial charge in [0.05, 0.1) is 23.7 Å². The third kappa shape index (κ3) is 3.76. The maximum atomic E-state index is 14.4. The van der Waals surface area contributed by atoms with Crippen molar-refractivity contribution in [3.05, 3.63) is 35.5 Å². The number of hydrogen-bond donors (Lipinski definition) is 2. The zero-order valence-corrected chi connectivity index (χ0v) is 16.9. The van der Waals surface area contributed by atoms with Gasteiger partial charge in [-0.1, -0.05) is 18.0 Å². The van der Waals surface area contributed by atoms with Crippen LogP contribution in [-0.4, -0.2) is 39.1 Å². The predicted molar refractivity (Wildman–Crippen MR) is 108 cm³/mol. The third-order valence-corrected chi connectivity index (χ3v) is 5.69. The van der Waals surface area contributed by atoms with Crippen LogP contribution in [0.15, 0.2) is 24.7 Å². The number of methoxy groups -OCH3 is 1. The van der Waals surface area contributed by atoms with Gasteiger partial charge in [0, 0.05) is 29.4 Å². The van der Waals surface area contributed by atoms with Crippen LogP contribution < -0.4 is 5.32 Å². The number of H-pyrrole nitrogens is 1. The molecule has 7 nitrogen and oxygen atoms in total. The number of rotatable bonds is 4. The van der Waals surface area contributed by atoms with Gasteiger partial charge < -0.3 is 15.0 Å². The van der Waals surface area contributed by atoms with Crippen LogP contribution in [0.4, 0.5) is 10.2 Å². The molecule has 0 radical (unpaired) electrons. The predicted octanol–water partition coefficient (Wildman–Crippen LogP) is 4.35. The fourth-order valence-corrected chi connectivity index (χ4v) is 4.15. The van der Waals surface area contributed by atoms with E-state index in [1.807, 2.05) is 6.92 Å². The molecule has 0 aliphatic heterocycles. The largest absolute Gasteiger partial charge is 0.469 e. The molecule has 0 aromatic carbocycles. The average molecular weight is 418 g/mol. The van der Waals surface area contributed by atoms with Gasteiger partial charge in [-0.3, -0.25) is 4.79 Å². The average Bonchev–Trinajstić information content (AvgIpc) is 3.12. The quantitative estimate of drug-likeness (QED) is 0.613. The van der Waals surface area contributed by atoms with E-state index in [-0.39, 0.29) is 17.8 Å². The lowest BCUT2D eigenvalue weighted by molar-refractivity contribution is -0.153. The molecule has 0 bridgehead atoms. The molecular formula is C20H21ClFN5O2. The fraction of sp³-hybridized carbons (Fsp3) is 0.400. The van der Waals surface area contributed by atoms with E-state index in [4.69, 9.17) is 16.3 Å². The van der Waals surface area contributed by atoms with Crippen LogP contribution >= 0.6 is 11.6 Å². The maximum absolute atomic E-state index is 14.4. The Bertz CT molecular complexity index is 1070. The molecule has 4 rings (SSSR count). The van der Waals surface area contributed by atoms with Gasteiger partial charge in [-0.05, 0) is 32.3 Å². The Labute approximate surface area is 172 Å². The molecule has 3 aromatic heterocycles. The number of hydrogen-bond acceptors (Lipinski definition) is 6. The molecule has 1 aliphatic rings. The number of fused-ring (bicyclic) bond motifs is 1. The van der Waals surface area contributed by atoms with E-state index in [2.05, 4.69) is 25.3 Å². The molecule has 0 amide bonds. The Balaban J connectivity index is 1.62. The van der Waals surface area contributed by atoms with Crippen molar-refractivity contribution in [1.29, 1.82) is 0 Å². The van der Waals surface area contributed by atoms with Gasteiger partial charge in [0.2, 0.25) is 0 Å². The molecular weight excluding hydrogens is 397 g/mol. The summed E-state index contributed by atoms with van der Waals surface area (Å²) in [7, 11) is 1.39. The lowest BCUT2D eigenvalue weighted by Gasteiger charge is -2.36. The van der Waals surface area contributed by atoms with E-state index < -0.39 is 11.2 Å². The van der Waals surface area contributed by atoms with Crippen molar-refractivity contribution in [2.24, 2.45) is 5.41 Å². The topological polar surface area (TPSA) is 92.8 Å². The van der Waals surface area contributed by atoms with Gasteiger partial charge >= 0.3 is 5.97 Å². The van der Waals surface area contributed by atoms with Crippen LogP contribution in [0.25, 0.3) is 22.4 Å². The number of carbonyl (C=O) groups is 1. The van der Waals surface area contributed by atoms with Crippen LogP contribution in [0.2, 0.25) is 5.02 Å². The van der Waals surface area contributed by atoms with E-state index in [9.17, 15) is 9.18 Å². The van der Waals surface area contributed by atoms with Gasteiger partial charge in [-0.25, -0.2) is 19.3 Å². The number of nitrogens with zero attached hydrogens (tertiary/aromatic N) is 3. The molecule has 2 atom stereocenters. The monoisotopic (exact) mass is 417 g/mol. The summed E-state index contributed by atoms with van der Waals surface area (Å²) in [6, 6.07) is 1.67. The van der Waals surface area contributed by atoms with Crippen LogP contribution in [0, 0.1) is 11.2 Å². The standard InChI is InChI=1S/C20H21ClFN5O2/c1-20(19(28)29-2)5-3-4-12(7-20)26-18-15(22)10-25-17(27-18)14-9-24-16-13(14)6-11(21)8-23-16/h6,8-10,12H,3-5,7H2,1-2H3,(H,23,24)(H,25,26,27)/t12?,20-/m1/s1. The maximum Gasteiger partial charge on any atom is 0.311 e. The van der Waals surface area contributed by atoms with Crippen molar-refractivity contribution < 1.29 is 13.9 Å². The minimum absolute atomic E-state index is 0.0934. The molecule has 2 N–H and O–H groups in total.